The first-order valence-corrected chi connectivity index (χ1v) is 12.7. The molecule has 0 aromatic heterocycles. The lowest BCUT2D eigenvalue weighted by Gasteiger charge is -2.41. The molecule has 1 aromatic rings. The summed E-state index contributed by atoms with van der Waals surface area (Å²) in [5.74, 6) is 1.29. The van der Waals surface area contributed by atoms with Crippen LogP contribution in [0.4, 0.5) is 0 Å². The van der Waals surface area contributed by atoms with E-state index < -0.39 is 0 Å². The predicted octanol–water partition coefficient (Wildman–Crippen LogP) is 4.83. The number of rotatable bonds is 13. The van der Waals surface area contributed by atoms with Gasteiger partial charge in [-0.3, -0.25) is 10.9 Å². The second kappa shape index (κ2) is 14.8. The Morgan fingerprint density at radius 3 is 2.82 bits per heavy atom. The fourth-order valence-corrected chi connectivity index (χ4v) is 4.64. The number of hydrazine groups is 1. The maximum Gasteiger partial charge on any atom is 0.143 e. The maximum atomic E-state index is 10.4. The molecular formula is C24H40Cl2N6O. The molecule has 3 unspecified atom stereocenters. The number of benzene rings is 1. The van der Waals surface area contributed by atoms with E-state index in [1.54, 1.807) is 11.1 Å². The summed E-state index contributed by atoms with van der Waals surface area (Å²) in [6.07, 6.45) is 6.83. The van der Waals surface area contributed by atoms with Crippen molar-refractivity contribution in [3.63, 3.8) is 0 Å². The van der Waals surface area contributed by atoms with Crippen LogP contribution in [0.5, 0.6) is 0 Å². The zero-order valence-corrected chi connectivity index (χ0v) is 21.8. The lowest BCUT2D eigenvalue weighted by molar-refractivity contribution is -0.152. The molecule has 9 heteroatoms. The summed E-state index contributed by atoms with van der Waals surface area (Å²) in [4.78, 5) is 6.86. The second-order valence-corrected chi connectivity index (χ2v) is 9.44. The van der Waals surface area contributed by atoms with Gasteiger partial charge in [-0.2, -0.15) is 5.06 Å². The smallest absolute Gasteiger partial charge is 0.143 e. The average Bonchev–Trinajstić information content (AvgIpc) is 2.78. The van der Waals surface area contributed by atoms with Crippen LogP contribution in [0.1, 0.15) is 58.6 Å². The minimum Gasteiger partial charge on any atom is -0.387 e. The monoisotopic (exact) mass is 498 g/mol. The molecule has 7 nitrogen and oxygen atoms in total. The molecule has 0 spiro atoms. The molecule has 1 aliphatic rings. The molecule has 1 aliphatic heterocycles. The number of aliphatic imine (C=N–C) groups is 1. The number of halogens is 2. The van der Waals surface area contributed by atoms with Gasteiger partial charge in [0.05, 0.1) is 0 Å². The molecule has 186 valence electrons. The van der Waals surface area contributed by atoms with Gasteiger partial charge in [-0.15, -0.1) is 0 Å². The largest absolute Gasteiger partial charge is 0.387 e. The third kappa shape index (κ3) is 9.08. The summed E-state index contributed by atoms with van der Waals surface area (Å²) in [7, 11) is 0. The zero-order valence-electron chi connectivity index (χ0n) is 20.3. The van der Waals surface area contributed by atoms with E-state index in [1.807, 2.05) is 38.4 Å². The molecule has 0 radical (unpaired) electrons. The fraction of sp³-hybridized carbons (Fsp3) is 0.625. The van der Waals surface area contributed by atoms with E-state index in [1.165, 1.54) is 0 Å². The van der Waals surface area contributed by atoms with Crippen LogP contribution < -0.4 is 16.2 Å². The van der Waals surface area contributed by atoms with Crippen molar-refractivity contribution in [2.45, 2.75) is 59.0 Å². The third-order valence-electron chi connectivity index (χ3n) is 5.94. The zero-order chi connectivity index (χ0) is 24.2. The van der Waals surface area contributed by atoms with E-state index in [4.69, 9.17) is 23.2 Å². The average molecular weight is 500 g/mol. The normalized spacial score (nSPS) is 20.6. The highest BCUT2D eigenvalue weighted by atomic mass is 35.5. The van der Waals surface area contributed by atoms with Gasteiger partial charge >= 0.3 is 0 Å². The van der Waals surface area contributed by atoms with E-state index >= 15 is 0 Å². The van der Waals surface area contributed by atoms with Crippen LogP contribution in [0.2, 0.25) is 10.0 Å². The van der Waals surface area contributed by atoms with Crippen molar-refractivity contribution >= 4 is 29.4 Å². The Hall–Kier alpha value is -1.35. The van der Waals surface area contributed by atoms with Crippen molar-refractivity contribution in [2.24, 2.45) is 10.9 Å². The number of likely N-dealkylation sites (tertiary alicyclic amines) is 1. The SMILES string of the molecule is C/C=N\C(=C/NCCNNC(C)c1ccc(Cl)cc1Cl)N1CCC(N(O)CCCC)C(C)C1. The number of hydroxylamine groups is 2. The fourth-order valence-electron chi connectivity index (χ4n) is 4.07. The number of nitrogens with zero attached hydrogens (tertiary/aromatic N) is 3. The minimum absolute atomic E-state index is 0.0526. The van der Waals surface area contributed by atoms with Crippen LogP contribution in [-0.2, 0) is 0 Å². The first-order chi connectivity index (χ1) is 15.9. The molecule has 33 heavy (non-hydrogen) atoms. The van der Waals surface area contributed by atoms with Gasteiger partial charge in [0.25, 0.3) is 0 Å². The Balaban J connectivity index is 1.77. The van der Waals surface area contributed by atoms with Crippen molar-refractivity contribution < 1.29 is 5.21 Å². The summed E-state index contributed by atoms with van der Waals surface area (Å²) in [5, 5.41) is 16.6. The highest BCUT2D eigenvalue weighted by molar-refractivity contribution is 6.35. The number of piperidine rings is 1. The highest BCUT2D eigenvalue weighted by Crippen LogP contribution is 2.26. The highest BCUT2D eigenvalue weighted by Gasteiger charge is 2.30. The van der Waals surface area contributed by atoms with Gasteiger partial charge in [0.1, 0.15) is 5.82 Å². The lowest BCUT2D eigenvalue weighted by Crippen LogP contribution is -2.49. The number of unbranched alkanes of at least 4 members (excludes halogenated alkanes) is 1. The molecule has 0 aliphatic carbocycles. The van der Waals surface area contributed by atoms with Gasteiger partial charge in [-0.1, -0.05) is 49.5 Å². The summed E-state index contributed by atoms with van der Waals surface area (Å²) < 4.78 is 0. The Kier molecular flexibility index (Phi) is 12.5. The minimum atomic E-state index is 0.0526. The molecule has 2 rings (SSSR count). The van der Waals surface area contributed by atoms with E-state index in [0.29, 0.717) is 16.0 Å². The first-order valence-electron chi connectivity index (χ1n) is 11.9. The third-order valence-corrected chi connectivity index (χ3v) is 6.50. The number of hydrogen-bond donors (Lipinski definition) is 4. The molecule has 1 aromatic carbocycles. The van der Waals surface area contributed by atoms with Crippen LogP contribution in [0, 0.1) is 5.92 Å². The van der Waals surface area contributed by atoms with Gasteiger partial charge in [0.2, 0.25) is 0 Å². The van der Waals surface area contributed by atoms with Crippen LogP contribution in [0.3, 0.4) is 0 Å². The summed E-state index contributed by atoms with van der Waals surface area (Å²) >= 11 is 12.3. The quantitative estimate of drug-likeness (QED) is 0.177. The van der Waals surface area contributed by atoms with E-state index in [-0.39, 0.29) is 12.1 Å². The Morgan fingerprint density at radius 2 is 2.15 bits per heavy atom. The van der Waals surface area contributed by atoms with Gasteiger partial charge < -0.3 is 15.4 Å². The van der Waals surface area contributed by atoms with Crippen LogP contribution in [0.25, 0.3) is 0 Å². The summed E-state index contributed by atoms with van der Waals surface area (Å²) in [5.41, 5.74) is 7.49. The van der Waals surface area contributed by atoms with E-state index in [9.17, 15) is 5.21 Å². The Morgan fingerprint density at radius 1 is 1.36 bits per heavy atom. The molecule has 1 fully saturated rings. The van der Waals surface area contributed by atoms with E-state index in [0.717, 1.165) is 63.4 Å². The molecule has 1 heterocycles. The van der Waals surface area contributed by atoms with Gasteiger partial charge in [-0.25, -0.2) is 4.99 Å². The molecular weight excluding hydrogens is 459 g/mol. The summed E-state index contributed by atoms with van der Waals surface area (Å²) in [6, 6.07) is 5.79. The second-order valence-electron chi connectivity index (χ2n) is 8.60. The van der Waals surface area contributed by atoms with E-state index in [2.05, 4.69) is 39.9 Å². The topological polar surface area (TPSA) is 75.2 Å². The molecule has 0 amide bonds. The van der Waals surface area contributed by atoms with Gasteiger partial charge in [0.15, 0.2) is 0 Å². The Bertz CT molecular complexity index is 775. The Labute approximate surface area is 209 Å². The number of hydrogen-bond acceptors (Lipinski definition) is 7. The van der Waals surface area contributed by atoms with Crippen LogP contribution >= 0.6 is 23.2 Å². The molecule has 1 saturated heterocycles. The van der Waals surface area contributed by atoms with Crippen molar-refractivity contribution in [3.05, 3.63) is 45.8 Å². The van der Waals surface area contributed by atoms with Crippen molar-refractivity contribution in [1.82, 2.24) is 26.1 Å². The molecule has 0 saturated carbocycles. The lowest BCUT2D eigenvalue weighted by atomic mass is 9.93. The number of nitrogens with one attached hydrogen (secondary N) is 3. The summed E-state index contributed by atoms with van der Waals surface area (Å²) in [6.45, 7) is 12.3. The van der Waals surface area contributed by atoms with Crippen LogP contribution in [-0.4, -0.2) is 60.2 Å². The van der Waals surface area contributed by atoms with Crippen molar-refractivity contribution in [3.8, 4) is 0 Å². The van der Waals surface area contributed by atoms with Crippen molar-refractivity contribution in [2.75, 3.05) is 32.7 Å². The molecule has 3 atom stereocenters. The first kappa shape index (κ1) is 27.9. The standard InChI is InChI=1S/C24H40Cl2N6O/c1-5-7-13-32(33)23-10-14-31(17-18(23)3)24(28-6-2)16-27-11-12-29-30-19(4)21-9-8-20(25)15-22(21)26/h6,8-9,15-16,18-19,23,27,29-30,33H,5,7,10-14,17H2,1-4H3/b24-16+,28-6-. The maximum absolute atomic E-state index is 10.4. The predicted molar refractivity (Wildman–Crippen MR) is 139 cm³/mol. The van der Waals surface area contributed by atoms with Crippen molar-refractivity contribution in [1.29, 1.82) is 0 Å². The molecule has 0 bridgehead atoms. The van der Waals surface area contributed by atoms with Gasteiger partial charge in [-0.05, 0) is 50.3 Å². The molecule has 4 N–H and O–H groups in total. The van der Waals surface area contributed by atoms with Crippen LogP contribution in [0.15, 0.2) is 35.2 Å². The van der Waals surface area contributed by atoms with Gasteiger partial charge in [0, 0.05) is 67.3 Å².